The second-order valence-electron chi connectivity index (χ2n) is 2.93. The summed E-state index contributed by atoms with van der Waals surface area (Å²) in [5.74, 6) is 0. The van der Waals surface area contributed by atoms with Crippen LogP contribution in [-0.4, -0.2) is 14.8 Å². The van der Waals surface area contributed by atoms with Crippen LogP contribution >= 0.6 is 22.9 Å². The molecule has 0 aliphatic carbocycles. The molecule has 0 saturated carbocycles. The van der Waals surface area contributed by atoms with Crippen molar-refractivity contribution in [3.63, 3.8) is 0 Å². The van der Waals surface area contributed by atoms with E-state index in [9.17, 15) is 0 Å². The lowest BCUT2D eigenvalue weighted by molar-refractivity contribution is 0.686. The molecule has 4 nitrogen and oxygen atoms in total. The highest BCUT2D eigenvalue weighted by Crippen LogP contribution is 2.20. The standard InChI is InChI=1S/C8H9ClN4S/c1-5-6(10)2-13(12-5)3-7-8(9)11-4-14-7/h2,4H,3,10H2,1H3. The van der Waals surface area contributed by atoms with Gasteiger partial charge in [0.1, 0.15) is 5.15 Å². The van der Waals surface area contributed by atoms with Gasteiger partial charge in [-0.3, -0.25) is 4.68 Å². The topological polar surface area (TPSA) is 56.7 Å². The summed E-state index contributed by atoms with van der Waals surface area (Å²) in [6, 6.07) is 0. The molecule has 6 heteroatoms. The van der Waals surface area contributed by atoms with Crippen molar-refractivity contribution in [2.45, 2.75) is 13.5 Å². The Kier molecular flexibility index (Phi) is 2.43. The van der Waals surface area contributed by atoms with Crippen molar-refractivity contribution in [3.8, 4) is 0 Å². The van der Waals surface area contributed by atoms with Crippen molar-refractivity contribution in [1.29, 1.82) is 0 Å². The van der Waals surface area contributed by atoms with Gasteiger partial charge in [0, 0.05) is 6.20 Å². The highest BCUT2D eigenvalue weighted by atomic mass is 35.5. The van der Waals surface area contributed by atoms with Gasteiger partial charge in [-0.25, -0.2) is 4.98 Å². The Morgan fingerprint density at radius 1 is 1.64 bits per heavy atom. The summed E-state index contributed by atoms with van der Waals surface area (Å²) in [5, 5.41) is 4.78. The number of rotatable bonds is 2. The molecule has 0 fully saturated rings. The Morgan fingerprint density at radius 2 is 2.43 bits per heavy atom. The predicted octanol–water partition coefficient (Wildman–Crippen LogP) is 1.93. The molecule has 2 rings (SSSR count). The molecule has 0 aliphatic rings. The van der Waals surface area contributed by atoms with E-state index in [0.717, 1.165) is 10.6 Å². The molecular weight excluding hydrogens is 220 g/mol. The van der Waals surface area contributed by atoms with Gasteiger partial charge in [-0.1, -0.05) is 11.6 Å². The molecule has 0 saturated heterocycles. The lowest BCUT2D eigenvalue weighted by Gasteiger charge is -1.97. The zero-order valence-corrected chi connectivity index (χ0v) is 9.14. The molecule has 2 aromatic rings. The Hall–Kier alpha value is -1.07. The quantitative estimate of drug-likeness (QED) is 0.855. The van der Waals surface area contributed by atoms with E-state index >= 15 is 0 Å². The van der Waals surface area contributed by atoms with Crippen LogP contribution in [0.2, 0.25) is 5.15 Å². The largest absolute Gasteiger partial charge is 0.396 e. The first kappa shape index (κ1) is 9.48. The average molecular weight is 229 g/mol. The molecule has 0 amide bonds. The minimum atomic E-state index is 0.543. The Morgan fingerprint density at radius 3 is 2.93 bits per heavy atom. The van der Waals surface area contributed by atoms with Crippen LogP contribution in [-0.2, 0) is 6.54 Å². The minimum absolute atomic E-state index is 0.543. The van der Waals surface area contributed by atoms with Gasteiger partial charge < -0.3 is 5.73 Å². The van der Waals surface area contributed by atoms with E-state index in [1.807, 2.05) is 6.92 Å². The third-order valence-electron chi connectivity index (χ3n) is 1.88. The first-order valence-electron chi connectivity index (χ1n) is 4.04. The van der Waals surface area contributed by atoms with Crippen LogP contribution in [0.1, 0.15) is 10.6 Å². The van der Waals surface area contributed by atoms with E-state index in [1.165, 1.54) is 11.3 Å². The van der Waals surface area contributed by atoms with E-state index in [4.69, 9.17) is 17.3 Å². The Bertz CT molecular complexity index is 428. The Balaban J connectivity index is 2.23. The van der Waals surface area contributed by atoms with Crippen molar-refractivity contribution >= 4 is 28.6 Å². The maximum atomic E-state index is 5.86. The van der Waals surface area contributed by atoms with Gasteiger partial charge in [0.05, 0.1) is 28.3 Å². The van der Waals surface area contributed by atoms with Crippen molar-refractivity contribution < 1.29 is 0 Å². The Labute approximate surface area is 90.3 Å². The summed E-state index contributed by atoms with van der Waals surface area (Å²) in [4.78, 5) is 4.95. The number of halogens is 1. The third-order valence-corrected chi connectivity index (χ3v) is 3.14. The summed E-state index contributed by atoms with van der Waals surface area (Å²) < 4.78 is 1.77. The van der Waals surface area contributed by atoms with E-state index in [1.54, 1.807) is 16.4 Å². The van der Waals surface area contributed by atoms with E-state index in [2.05, 4.69) is 10.1 Å². The maximum absolute atomic E-state index is 5.86. The maximum Gasteiger partial charge on any atom is 0.145 e. The predicted molar refractivity (Wildman–Crippen MR) is 57.6 cm³/mol. The third kappa shape index (κ3) is 1.73. The van der Waals surface area contributed by atoms with Crippen LogP contribution in [0.25, 0.3) is 0 Å². The number of thiazole rings is 1. The molecule has 2 heterocycles. The van der Waals surface area contributed by atoms with Crippen molar-refractivity contribution in [3.05, 3.63) is 27.4 Å². The van der Waals surface area contributed by atoms with E-state index < -0.39 is 0 Å². The molecule has 0 unspecified atom stereocenters. The van der Waals surface area contributed by atoms with Gasteiger partial charge in [-0.15, -0.1) is 11.3 Å². The molecule has 14 heavy (non-hydrogen) atoms. The number of nitrogens with zero attached hydrogens (tertiary/aromatic N) is 3. The zero-order valence-electron chi connectivity index (χ0n) is 7.57. The fourth-order valence-electron chi connectivity index (χ4n) is 1.12. The average Bonchev–Trinajstić information content (AvgIpc) is 2.63. The van der Waals surface area contributed by atoms with Gasteiger partial charge >= 0.3 is 0 Å². The molecule has 74 valence electrons. The number of anilines is 1. The van der Waals surface area contributed by atoms with Crippen LogP contribution in [0.4, 0.5) is 5.69 Å². The van der Waals surface area contributed by atoms with Gasteiger partial charge in [-0.05, 0) is 6.92 Å². The molecule has 0 spiro atoms. The number of nitrogen functional groups attached to an aromatic ring is 1. The van der Waals surface area contributed by atoms with Crippen molar-refractivity contribution in [2.75, 3.05) is 5.73 Å². The molecule has 0 atom stereocenters. The molecule has 0 radical (unpaired) electrons. The second-order valence-corrected chi connectivity index (χ2v) is 4.23. The van der Waals surface area contributed by atoms with E-state index in [-0.39, 0.29) is 0 Å². The SMILES string of the molecule is Cc1nn(Cc2scnc2Cl)cc1N. The lowest BCUT2D eigenvalue weighted by Crippen LogP contribution is -1.99. The van der Waals surface area contributed by atoms with Gasteiger partial charge in [0.2, 0.25) is 0 Å². The lowest BCUT2D eigenvalue weighted by atomic mass is 10.4. The number of aromatic nitrogens is 3. The zero-order chi connectivity index (χ0) is 10.1. The number of nitrogens with two attached hydrogens (primary N) is 1. The first-order chi connectivity index (χ1) is 6.66. The molecule has 0 bridgehead atoms. The van der Waals surface area contributed by atoms with Gasteiger partial charge in [0.25, 0.3) is 0 Å². The number of hydrogen-bond acceptors (Lipinski definition) is 4. The first-order valence-corrected chi connectivity index (χ1v) is 5.30. The molecule has 0 aromatic carbocycles. The van der Waals surface area contributed by atoms with Gasteiger partial charge in [-0.2, -0.15) is 5.10 Å². The van der Waals surface area contributed by atoms with Crippen LogP contribution < -0.4 is 5.73 Å². The number of hydrogen-bond donors (Lipinski definition) is 1. The summed E-state index contributed by atoms with van der Waals surface area (Å²) in [6.07, 6.45) is 1.80. The van der Waals surface area contributed by atoms with Crippen LogP contribution in [0.5, 0.6) is 0 Å². The normalized spacial score (nSPS) is 10.7. The second kappa shape index (κ2) is 3.59. The van der Waals surface area contributed by atoms with Crippen molar-refractivity contribution in [2.24, 2.45) is 0 Å². The van der Waals surface area contributed by atoms with Crippen molar-refractivity contribution in [1.82, 2.24) is 14.8 Å². The summed E-state index contributed by atoms with van der Waals surface area (Å²) in [7, 11) is 0. The summed E-state index contributed by atoms with van der Waals surface area (Å²) in [5.41, 5.74) is 8.94. The highest BCUT2D eigenvalue weighted by Gasteiger charge is 2.06. The van der Waals surface area contributed by atoms with Crippen LogP contribution in [0.3, 0.4) is 0 Å². The fraction of sp³-hybridized carbons (Fsp3) is 0.250. The molecular formula is C8H9ClN4S. The van der Waals surface area contributed by atoms with Gasteiger partial charge in [0.15, 0.2) is 0 Å². The molecule has 2 aromatic heterocycles. The number of aryl methyl sites for hydroxylation is 1. The molecule has 2 N–H and O–H groups in total. The van der Waals surface area contributed by atoms with Crippen LogP contribution in [0.15, 0.2) is 11.7 Å². The van der Waals surface area contributed by atoms with E-state index in [0.29, 0.717) is 17.4 Å². The summed E-state index contributed by atoms with van der Waals surface area (Å²) in [6.45, 7) is 2.50. The highest BCUT2D eigenvalue weighted by molar-refractivity contribution is 7.10. The monoisotopic (exact) mass is 228 g/mol. The minimum Gasteiger partial charge on any atom is -0.396 e. The fourth-order valence-corrected chi connectivity index (χ4v) is 2.06. The smallest absolute Gasteiger partial charge is 0.145 e. The molecule has 0 aliphatic heterocycles. The van der Waals surface area contributed by atoms with Crippen LogP contribution in [0, 0.1) is 6.92 Å². The summed E-state index contributed by atoms with van der Waals surface area (Å²) >= 11 is 7.38.